The van der Waals surface area contributed by atoms with Crippen LogP contribution in [0.3, 0.4) is 0 Å². The highest BCUT2D eigenvalue weighted by Gasteiger charge is 2.03. The second-order valence-electron chi connectivity index (χ2n) is 5.37. The summed E-state index contributed by atoms with van der Waals surface area (Å²) in [5.74, 6) is -0.0993. The predicted octanol–water partition coefficient (Wildman–Crippen LogP) is 3.86. The van der Waals surface area contributed by atoms with E-state index >= 15 is 0 Å². The van der Waals surface area contributed by atoms with Gasteiger partial charge in [-0.2, -0.15) is 0 Å². The van der Waals surface area contributed by atoms with Gasteiger partial charge in [-0.25, -0.2) is 0 Å². The zero-order valence-electron chi connectivity index (χ0n) is 13.7. The number of benzene rings is 2. The van der Waals surface area contributed by atoms with Gasteiger partial charge in [-0.15, -0.1) is 0 Å². The molecular formula is C20H23NO2. The summed E-state index contributed by atoms with van der Waals surface area (Å²) < 4.78 is 5.46. The van der Waals surface area contributed by atoms with Gasteiger partial charge in [0.25, 0.3) is 0 Å². The van der Waals surface area contributed by atoms with E-state index in [-0.39, 0.29) is 5.91 Å². The molecular weight excluding hydrogens is 286 g/mol. The quantitative estimate of drug-likeness (QED) is 0.789. The molecule has 0 spiro atoms. The van der Waals surface area contributed by atoms with Crippen molar-refractivity contribution in [1.29, 1.82) is 0 Å². The molecule has 23 heavy (non-hydrogen) atoms. The first-order valence-corrected chi connectivity index (χ1v) is 7.86. The topological polar surface area (TPSA) is 38.3 Å². The molecule has 2 aromatic carbocycles. The maximum Gasteiger partial charge on any atom is 0.244 e. The normalized spacial score (nSPS) is 10.9. The molecule has 0 saturated carbocycles. The maximum atomic E-state index is 12.0. The third kappa shape index (κ3) is 5.72. The van der Waals surface area contributed by atoms with Crippen LogP contribution in [0.2, 0.25) is 0 Å². The Bertz CT molecular complexity index is 677. The van der Waals surface area contributed by atoms with E-state index in [2.05, 4.69) is 5.32 Å². The van der Waals surface area contributed by atoms with E-state index in [0.29, 0.717) is 19.8 Å². The number of nitrogens with one attached hydrogen (secondary N) is 1. The highest BCUT2D eigenvalue weighted by atomic mass is 16.5. The average molecular weight is 309 g/mol. The lowest BCUT2D eigenvalue weighted by atomic mass is 10.1. The van der Waals surface area contributed by atoms with E-state index in [9.17, 15) is 4.79 Å². The van der Waals surface area contributed by atoms with E-state index in [4.69, 9.17) is 4.74 Å². The summed E-state index contributed by atoms with van der Waals surface area (Å²) in [5.41, 5.74) is 4.39. The molecule has 0 fully saturated rings. The van der Waals surface area contributed by atoms with Crippen LogP contribution in [-0.4, -0.2) is 12.5 Å². The van der Waals surface area contributed by atoms with Crippen molar-refractivity contribution < 1.29 is 9.53 Å². The van der Waals surface area contributed by atoms with Crippen LogP contribution in [0, 0.1) is 6.92 Å². The number of amides is 1. The molecule has 1 amide bonds. The molecule has 2 rings (SSSR count). The van der Waals surface area contributed by atoms with Crippen molar-refractivity contribution in [3.63, 3.8) is 0 Å². The molecule has 0 atom stereocenters. The van der Waals surface area contributed by atoms with Gasteiger partial charge in [0.05, 0.1) is 6.61 Å². The molecule has 0 aliphatic carbocycles. The third-order valence-electron chi connectivity index (χ3n) is 3.50. The van der Waals surface area contributed by atoms with E-state index < -0.39 is 0 Å². The number of carbonyl (C=O) groups is 1. The molecule has 1 N–H and O–H groups in total. The molecule has 0 aliphatic rings. The lowest BCUT2D eigenvalue weighted by Gasteiger charge is -2.09. The molecule has 0 radical (unpaired) electrons. The Morgan fingerprint density at radius 2 is 1.91 bits per heavy atom. The fourth-order valence-corrected chi connectivity index (χ4v) is 2.27. The molecule has 0 saturated heterocycles. The molecule has 0 aromatic heterocycles. The standard InChI is InChI=1S/C20H23NO2/c1-3-23-15-19-10-5-4-9-18(19)14-21-20(22)12-11-17-8-6-7-16(2)13-17/h4-13H,3,14-15H2,1-2H3,(H,21,22)/b12-11+. The molecule has 120 valence electrons. The van der Waals surface area contributed by atoms with Crippen LogP contribution in [0.4, 0.5) is 0 Å². The van der Waals surface area contributed by atoms with E-state index in [1.54, 1.807) is 6.08 Å². The molecule has 0 bridgehead atoms. The van der Waals surface area contributed by atoms with Gasteiger partial charge in [0.15, 0.2) is 0 Å². The third-order valence-corrected chi connectivity index (χ3v) is 3.50. The number of rotatable bonds is 7. The van der Waals surface area contributed by atoms with Crippen molar-refractivity contribution >= 4 is 12.0 Å². The zero-order chi connectivity index (χ0) is 16.5. The van der Waals surface area contributed by atoms with Crippen molar-refractivity contribution in [3.8, 4) is 0 Å². The highest BCUT2D eigenvalue weighted by Crippen LogP contribution is 2.10. The second kappa shape index (κ2) is 8.91. The number of ether oxygens (including phenoxy) is 1. The molecule has 0 unspecified atom stereocenters. The lowest BCUT2D eigenvalue weighted by molar-refractivity contribution is -0.116. The largest absolute Gasteiger partial charge is 0.377 e. The average Bonchev–Trinajstić information content (AvgIpc) is 2.57. The summed E-state index contributed by atoms with van der Waals surface area (Å²) in [6.45, 7) is 5.76. The van der Waals surface area contributed by atoms with Crippen LogP contribution < -0.4 is 5.32 Å². The van der Waals surface area contributed by atoms with E-state index in [1.165, 1.54) is 5.56 Å². The number of aryl methyl sites for hydroxylation is 1. The number of carbonyl (C=O) groups excluding carboxylic acids is 1. The summed E-state index contributed by atoms with van der Waals surface area (Å²) in [4.78, 5) is 12.0. The Balaban J connectivity index is 1.92. The fourth-order valence-electron chi connectivity index (χ4n) is 2.27. The number of hydrogen-bond acceptors (Lipinski definition) is 2. The molecule has 2 aromatic rings. The predicted molar refractivity (Wildman–Crippen MR) is 93.8 cm³/mol. The SMILES string of the molecule is CCOCc1ccccc1CNC(=O)/C=C/c1cccc(C)c1. The van der Waals surface area contributed by atoms with Crippen molar-refractivity contribution in [1.82, 2.24) is 5.32 Å². The monoisotopic (exact) mass is 309 g/mol. The Kier molecular flexibility index (Phi) is 6.57. The minimum atomic E-state index is -0.0993. The molecule has 3 heteroatoms. The van der Waals surface area contributed by atoms with Crippen molar-refractivity contribution in [2.24, 2.45) is 0 Å². The highest BCUT2D eigenvalue weighted by molar-refractivity contribution is 5.91. The minimum absolute atomic E-state index is 0.0993. The van der Waals surface area contributed by atoms with Crippen molar-refractivity contribution in [2.45, 2.75) is 27.0 Å². The molecule has 0 aliphatic heterocycles. The first-order chi connectivity index (χ1) is 11.2. The Morgan fingerprint density at radius 1 is 1.13 bits per heavy atom. The van der Waals surface area contributed by atoms with Gasteiger partial charge in [-0.3, -0.25) is 4.79 Å². The van der Waals surface area contributed by atoms with Crippen LogP contribution in [0.25, 0.3) is 6.08 Å². The van der Waals surface area contributed by atoms with Crippen LogP contribution in [0.1, 0.15) is 29.2 Å². The summed E-state index contributed by atoms with van der Waals surface area (Å²) in [5, 5.41) is 2.92. The lowest BCUT2D eigenvalue weighted by Crippen LogP contribution is -2.21. The van der Waals surface area contributed by atoms with Crippen LogP contribution in [0.5, 0.6) is 0 Å². The van der Waals surface area contributed by atoms with Crippen molar-refractivity contribution in [3.05, 3.63) is 76.9 Å². The van der Waals surface area contributed by atoms with Gasteiger partial charge in [-0.05, 0) is 36.6 Å². The van der Waals surface area contributed by atoms with Gasteiger partial charge in [-0.1, -0.05) is 54.1 Å². The summed E-state index contributed by atoms with van der Waals surface area (Å²) >= 11 is 0. The van der Waals surface area contributed by atoms with Crippen LogP contribution >= 0.6 is 0 Å². The summed E-state index contributed by atoms with van der Waals surface area (Å²) in [6, 6.07) is 16.0. The van der Waals surface area contributed by atoms with E-state index in [1.807, 2.05) is 68.5 Å². The fraction of sp³-hybridized carbons (Fsp3) is 0.250. The maximum absolute atomic E-state index is 12.0. The minimum Gasteiger partial charge on any atom is -0.377 e. The van der Waals surface area contributed by atoms with Gasteiger partial charge in [0.1, 0.15) is 0 Å². The molecule has 0 heterocycles. The smallest absolute Gasteiger partial charge is 0.244 e. The zero-order valence-corrected chi connectivity index (χ0v) is 13.7. The number of hydrogen-bond donors (Lipinski definition) is 1. The van der Waals surface area contributed by atoms with Gasteiger partial charge in [0.2, 0.25) is 5.91 Å². The van der Waals surface area contributed by atoms with Gasteiger partial charge in [0, 0.05) is 19.2 Å². The summed E-state index contributed by atoms with van der Waals surface area (Å²) in [6.07, 6.45) is 3.40. The summed E-state index contributed by atoms with van der Waals surface area (Å²) in [7, 11) is 0. The Morgan fingerprint density at radius 3 is 2.65 bits per heavy atom. The van der Waals surface area contributed by atoms with Gasteiger partial charge < -0.3 is 10.1 Å². The molecule has 3 nitrogen and oxygen atoms in total. The van der Waals surface area contributed by atoms with Crippen LogP contribution in [0.15, 0.2) is 54.6 Å². The first kappa shape index (κ1) is 17.0. The van der Waals surface area contributed by atoms with Crippen molar-refractivity contribution in [2.75, 3.05) is 6.61 Å². The second-order valence-corrected chi connectivity index (χ2v) is 5.37. The Labute approximate surface area is 138 Å². The van der Waals surface area contributed by atoms with E-state index in [0.717, 1.165) is 16.7 Å². The first-order valence-electron chi connectivity index (χ1n) is 7.86. The Hall–Kier alpha value is -2.39. The van der Waals surface area contributed by atoms with Crippen LogP contribution in [-0.2, 0) is 22.7 Å². The van der Waals surface area contributed by atoms with Gasteiger partial charge >= 0.3 is 0 Å².